The highest BCUT2D eigenvalue weighted by atomic mass is 16.6. The van der Waals surface area contributed by atoms with Crippen molar-refractivity contribution in [2.75, 3.05) is 37.0 Å². The molecule has 0 spiro atoms. The van der Waals surface area contributed by atoms with Gasteiger partial charge in [-0.2, -0.15) is 0 Å². The Hall–Kier alpha value is -3.76. The SMILES string of the molecule is COC(=O)C1CCN(c2ncnc(Nc3ccc(C(=O)OCC(C)C)cc3)c2[N+](=O)[O-])CC1. The number of nitrogens with one attached hydrogen (secondary N) is 1. The number of hydrogen-bond donors (Lipinski definition) is 1. The van der Waals surface area contributed by atoms with Crippen LogP contribution in [0.25, 0.3) is 0 Å². The van der Waals surface area contributed by atoms with E-state index >= 15 is 0 Å². The fraction of sp³-hybridized carbons (Fsp3) is 0.455. The Morgan fingerprint density at radius 3 is 2.45 bits per heavy atom. The van der Waals surface area contributed by atoms with Crippen LogP contribution < -0.4 is 10.2 Å². The first-order valence-electron chi connectivity index (χ1n) is 10.7. The second kappa shape index (κ2) is 10.7. The van der Waals surface area contributed by atoms with E-state index < -0.39 is 10.9 Å². The van der Waals surface area contributed by atoms with Gasteiger partial charge in [-0.25, -0.2) is 14.8 Å². The smallest absolute Gasteiger partial charge is 0.353 e. The largest absolute Gasteiger partial charge is 0.469 e. The maximum Gasteiger partial charge on any atom is 0.353 e. The topological polar surface area (TPSA) is 137 Å². The van der Waals surface area contributed by atoms with E-state index in [1.54, 1.807) is 29.2 Å². The molecule has 11 heteroatoms. The molecule has 0 unspecified atom stereocenters. The zero-order valence-corrected chi connectivity index (χ0v) is 18.8. The van der Waals surface area contributed by atoms with E-state index in [2.05, 4.69) is 15.3 Å². The number of carbonyl (C=O) groups excluding carboxylic acids is 2. The van der Waals surface area contributed by atoms with E-state index in [4.69, 9.17) is 9.47 Å². The lowest BCUT2D eigenvalue weighted by atomic mass is 9.97. The van der Waals surface area contributed by atoms with Gasteiger partial charge < -0.3 is 19.7 Å². The number of piperidine rings is 1. The van der Waals surface area contributed by atoms with Gasteiger partial charge in [0.15, 0.2) is 0 Å². The number of aromatic nitrogens is 2. The van der Waals surface area contributed by atoms with E-state index in [9.17, 15) is 19.7 Å². The molecular formula is C22H27N5O6. The molecular weight excluding hydrogens is 430 g/mol. The van der Waals surface area contributed by atoms with Crippen LogP contribution in [0.1, 0.15) is 37.0 Å². The average Bonchev–Trinajstić information content (AvgIpc) is 2.82. The van der Waals surface area contributed by atoms with E-state index in [1.807, 2.05) is 13.8 Å². The van der Waals surface area contributed by atoms with Crippen molar-refractivity contribution in [3.8, 4) is 0 Å². The van der Waals surface area contributed by atoms with Gasteiger partial charge in [-0.15, -0.1) is 0 Å². The van der Waals surface area contributed by atoms with Crippen LogP contribution in [0.3, 0.4) is 0 Å². The summed E-state index contributed by atoms with van der Waals surface area (Å²) in [5.74, 6) is -0.472. The zero-order valence-electron chi connectivity index (χ0n) is 18.8. The Kier molecular flexibility index (Phi) is 7.75. The first-order valence-corrected chi connectivity index (χ1v) is 10.7. The number of nitro groups is 1. The van der Waals surface area contributed by atoms with Gasteiger partial charge in [-0.3, -0.25) is 14.9 Å². The highest BCUT2D eigenvalue weighted by Crippen LogP contribution is 2.35. The zero-order chi connectivity index (χ0) is 24.0. The third-order valence-corrected chi connectivity index (χ3v) is 5.25. The summed E-state index contributed by atoms with van der Waals surface area (Å²) in [4.78, 5) is 45.2. The molecule has 1 fully saturated rings. The summed E-state index contributed by atoms with van der Waals surface area (Å²) < 4.78 is 10.0. The van der Waals surface area contributed by atoms with Crippen LogP contribution in [-0.2, 0) is 14.3 Å². The van der Waals surface area contributed by atoms with Gasteiger partial charge in [0.1, 0.15) is 6.33 Å². The van der Waals surface area contributed by atoms with Crippen LogP contribution in [0, 0.1) is 22.0 Å². The Morgan fingerprint density at radius 2 is 1.88 bits per heavy atom. The van der Waals surface area contributed by atoms with Crippen LogP contribution in [0.2, 0.25) is 0 Å². The van der Waals surface area contributed by atoms with Crippen molar-refractivity contribution < 1.29 is 24.0 Å². The predicted octanol–water partition coefficient (Wildman–Crippen LogP) is 3.33. The summed E-state index contributed by atoms with van der Waals surface area (Å²) in [6.07, 6.45) is 2.30. The third-order valence-electron chi connectivity index (χ3n) is 5.25. The highest BCUT2D eigenvalue weighted by molar-refractivity contribution is 5.90. The first-order chi connectivity index (χ1) is 15.8. The van der Waals surface area contributed by atoms with Crippen molar-refractivity contribution in [2.24, 2.45) is 11.8 Å². The Morgan fingerprint density at radius 1 is 1.21 bits per heavy atom. The molecule has 0 bridgehead atoms. The molecule has 2 heterocycles. The number of ether oxygens (including phenoxy) is 2. The minimum atomic E-state index is -0.526. The van der Waals surface area contributed by atoms with Gasteiger partial charge >= 0.3 is 17.6 Å². The van der Waals surface area contributed by atoms with Crippen LogP contribution >= 0.6 is 0 Å². The number of carbonyl (C=O) groups is 2. The minimum Gasteiger partial charge on any atom is -0.469 e. The number of hydrogen-bond acceptors (Lipinski definition) is 10. The van der Waals surface area contributed by atoms with Crippen molar-refractivity contribution in [3.63, 3.8) is 0 Å². The van der Waals surface area contributed by atoms with E-state index in [1.165, 1.54) is 13.4 Å². The van der Waals surface area contributed by atoms with Gasteiger partial charge in [-0.05, 0) is 43.0 Å². The molecule has 3 rings (SSSR count). The Balaban J connectivity index is 1.76. The monoisotopic (exact) mass is 457 g/mol. The van der Waals surface area contributed by atoms with Crippen molar-refractivity contribution in [1.29, 1.82) is 0 Å². The summed E-state index contributed by atoms with van der Waals surface area (Å²) in [6.45, 7) is 5.09. The molecule has 176 valence electrons. The lowest BCUT2D eigenvalue weighted by Gasteiger charge is -2.31. The van der Waals surface area contributed by atoms with Crippen molar-refractivity contribution in [3.05, 3.63) is 46.3 Å². The molecule has 33 heavy (non-hydrogen) atoms. The number of nitrogens with zero attached hydrogens (tertiary/aromatic N) is 4. The van der Waals surface area contributed by atoms with Crippen LogP contribution in [0.4, 0.5) is 23.0 Å². The number of methoxy groups -OCH3 is 1. The molecule has 0 atom stereocenters. The molecule has 0 saturated carbocycles. The van der Waals surface area contributed by atoms with Crippen LogP contribution in [0.5, 0.6) is 0 Å². The number of esters is 2. The standard InChI is InChI=1S/C22H27N5O6/c1-14(2)12-33-22(29)15-4-6-17(7-5-15)25-19-18(27(30)31)20(24-13-23-19)26-10-8-16(9-11-26)21(28)32-3/h4-7,13-14,16H,8-12H2,1-3H3,(H,23,24,25). The van der Waals surface area contributed by atoms with Gasteiger partial charge in [0.25, 0.3) is 0 Å². The fourth-order valence-corrected chi connectivity index (χ4v) is 3.51. The van der Waals surface area contributed by atoms with E-state index in [0.717, 1.165) is 0 Å². The molecule has 2 aromatic rings. The Bertz CT molecular complexity index is 1000. The molecule has 0 aliphatic carbocycles. The summed E-state index contributed by atoms with van der Waals surface area (Å²) in [5.41, 5.74) is 0.648. The number of anilines is 3. The molecule has 1 aliphatic rings. The van der Waals surface area contributed by atoms with Crippen molar-refractivity contribution in [2.45, 2.75) is 26.7 Å². The summed E-state index contributed by atoms with van der Waals surface area (Å²) in [7, 11) is 1.35. The lowest BCUT2D eigenvalue weighted by Crippen LogP contribution is -2.37. The average molecular weight is 457 g/mol. The second-order valence-electron chi connectivity index (χ2n) is 8.13. The maximum atomic E-state index is 12.1. The molecule has 0 radical (unpaired) electrons. The van der Waals surface area contributed by atoms with E-state index in [0.29, 0.717) is 43.8 Å². The number of benzene rings is 1. The summed E-state index contributed by atoms with van der Waals surface area (Å²) in [6, 6.07) is 6.41. The minimum absolute atomic E-state index is 0.0372. The van der Waals surface area contributed by atoms with E-state index in [-0.39, 0.29) is 35.1 Å². The fourth-order valence-electron chi connectivity index (χ4n) is 3.51. The van der Waals surface area contributed by atoms with Crippen molar-refractivity contribution >= 4 is 34.9 Å². The quantitative estimate of drug-likeness (QED) is 0.357. The number of rotatable bonds is 8. The predicted molar refractivity (Wildman–Crippen MR) is 120 cm³/mol. The van der Waals surface area contributed by atoms with Crippen LogP contribution in [-0.4, -0.2) is 53.6 Å². The normalized spacial score (nSPS) is 14.1. The summed E-state index contributed by atoms with van der Waals surface area (Å²) in [5, 5.41) is 14.8. The second-order valence-corrected chi connectivity index (χ2v) is 8.13. The highest BCUT2D eigenvalue weighted by Gasteiger charge is 2.32. The molecule has 1 aromatic carbocycles. The van der Waals surface area contributed by atoms with Gasteiger partial charge in [0.2, 0.25) is 11.6 Å². The summed E-state index contributed by atoms with van der Waals surface area (Å²) >= 11 is 0. The van der Waals surface area contributed by atoms with Gasteiger partial charge in [0.05, 0.1) is 30.1 Å². The van der Waals surface area contributed by atoms with Gasteiger partial charge in [0, 0.05) is 18.8 Å². The maximum absolute atomic E-state index is 12.1. The molecule has 1 N–H and O–H groups in total. The van der Waals surface area contributed by atoms with Crippen molar-refractivity contribution in [1.82, 2.24) is 9.97 Å². The molecule has 1 aromatic heterocycles. The molecule has 0 amide bonds. The Labute approximate surface area is 191 Å². The molecule has 1 saturated heterocycles. The van der Waals surface area contributed by atoms with Gasteiger partial charge in [-0.1, -0.05) is 13.8 Å². The molecule has 11 nitrogen and oxygen atoms in total. The van der Waals surface area contributed by atoms with Crippen LogP contribution in [0.15, 0.2) is 30.6 Å². The third kappa shape index (κ3) is 5.93. The lowest BCUT2D eigenvalue weighted by molar-refractivity contribution is -0.383. The first kappa shape index (κ1) is 23.9. The molecule has 1 aliphatic heterocycles.